The van der Waals surface area contributed by atoms with Crippen LogP contribution in [0.15, 0.2) is 83.5 Å². The number of pyridine rings is 1. The van der Waals surface area contributed by atoms with E-state index in [9.17, 15) is 4.79 Å². The van der Waals surface area contributed by atoms with Crippen LogP contribution in [0.2, 0.25) is 0 Å². The van der Waals surface area contributed by atoms with Gasteiger partial charge in [-0.2, -0.15) is 0 Å². The van der Waals surface area contributed by atoms with Crippen molar-refractivity contribution in [3.05, 3.63) is 96.0 Å². The van der Waals surface area contributed by atoms with E-state index >= 15 is 0 Å². The average Bonchev–Trinajstić information content (AvgIpc) is 3.66. The Labute approximate surface area is 221 Å². The summed E-state index contributed by atoms with van der Waals surface area (Å²) in [6, 6.07) is 20.5. The number of benzene rings is 2. The number of furan rings is 1. The van der Waals surface area contributed by atoms with Crippen molar-refractivity contribution in [3.8, 4) is 28.6 Å². The summed E-state index contributed by atoms with van der Waals surface area (Å²) < 4.78 is 28.3. The number of carbonyl (C=O) groups is 1. The van der Waals surface area contributed by atoms with Gasteiger partial charge in [0.1, 0.15) is 17.6 Å². The topological polar surface area (TPSA) is 83.3 Å². The first kappa shape index (κ1) is 25.4. The SMILES string of the molecule is COc1ccc(-c2ccc(C(=O)N(Cc3cccnc3)Cc3ccc(O[C@@H]4CCOC4)c(OC)c3)o2)cc1. The van der Waals surface area contributed by atoms with Crippen molar-refractivity contribution in [2.75, 3.05) is 27.4 Å². The molecule has 8 heteroatoms. The molecule has 4 aromatic rings. The number of methoxy groups -OCH3 is 2. The molecule has 196 valence electrons. The van der Waals surface area contributed by atoms with Gasteiger partial charge in [-0.25, -0.2) is 0 Å². The normalized spacial score (nSPS) is 14.7. The summed E-state index contributed by atoms with van der Waals surface area (Å²) in [5, 5.41) is 0. The number of nitrogens with zero attached hydrogens (tertiary/aromatic N) is 2. The van der Waals surface area contributed by atoms with Crippen LogP contribution >= 0.6 is 0 Å². The number of hydrogen-bond donors (Lipinski definition) is 0. The molecule has 0 spiro atoms. The Morgan fingerprint density at radius 3 is 2.53 bits per heavy atom. The van der Waals surface area contributed by atoms with Crippen LogP contribution in [0, 0.1) is 0 Å². The standard InChI is InChI=1S/C30H30N2O6/c1-34-24-8-6-23(7-9-24)26-11-12-28(38-26)30(33)32(19-22-4-3-14-31-17-22)18-21-5-10-27(29(16-21)35-2)37-25-13-15-36-20-25/h3-12,14,16-17,25H,13,15,18-20H2,1-2H3/t25-/m1/s1. The van der Waals surface area contributed by atoms with Gasteiger partial charge in [0.25, 0.3) is 5.91 Å². The van der Waals surface area contributed by atoms with E-state index in [0.29, 0.717) is 43.6 Å². The van der Waals surface area contributed by atoms with E-state index in [0.717, 1.165) is 28.9 Å². The molecule has 0 radical (unpaired) electrons. The lowest BCUT2D eigenvalue weighted by atomic mass is 10.1. The lowest BCUT2D eigenvalue weighted by Gasteiger charge is -2.23. The van der Waals surface area contributed by atoms with E-state index in [1.165, 1.54) is 0 Å². The fraction of sp³-hybridized carbons (Fsp3) is 0.267. The van der Waals surface area contributed by atoms with E-state index < -0.39 is 0 Å². The Kier molecular flexibility index (Phi) is 7.89. The highest BCUT2D eigenvalue weighted by Gasteiger charge is 2.23. The van der Waals surface area contributed by atoms with Crippen molar-refractivity contribution in [2.45, 2.75) is 25.6 Å². The van der Waals surface area contributed by atoms with Gasteiger partial charge in [0.15, 0.2) is 17.3 Å². The van der Waals surface area contributed by atoms with E-state index in [2.05, 4.69) is 4.98 Å². The number of carbonyl (C=O) groups excluding carboxylic acids is 1. The molecule has 1 fully saturated rings. The van der Waals surface area contributed by atoms with Gasteiger partial charge in [0.05, 0.1) is 27.4 Å². The first-order chi connectivity index (χ1) is 18.6. The monoisotopic (exact) mass is 514 g/mol. The van der Waals surface area contributed by atoms with E-state index in [-0.39, 0.29) is 17.8 Å². The zero-order valence-corrected chi connectivity index (χ0v) is 21.5. The number of aromatic nitrogens is 1. The smallest absolute Gasteiger partial charge is 0.290 e. The number of amides is 1. The van der Waals surface area contributed by atoms with Gasteiger partial charge in [0, 0.05) is 37.5 Å². The zero-order valence-electron chi connectivity index (χ0n) is 21.5. The van der Waals surface area contributed by atoms with Crippen molar-refractivity contribution in [1.82, 2.24) is 9.88 Å². The van der Waals surface area contributed by atoms with Crippen LogP contribution in [0.4, 0.5) is 0 Å². The van der Waals surface area contributed by atoms with E-state index in [4.69, 9.17) is 23.4 Å². The summed E-state index contributed by atoms with van der Waals surface area (Å²) in [4.78, 5) is 19.6. The van der Waals surface area contributed by atoms with Crippen LogP contribution in [0.25, 0.3) is 11.3 Å². The Morgan fingerprint density at radius 2 is 1.82 bits per heavy atom. The van der Waals surface area contributed by atoms with Crippen molar-refractivity contribution < 1.29 is 28.2 Å². The van der Waals surface area contributed by atoms with Gasteiger partial charge >= 0.3 is 0 Å². The Balaban J connectivity index is 1.38. The summed E-state index contributed by atoms with van der Waals surface area (Å²) in [5.41, 5.74) is 2.67. The quantitative estimate of drug-likeness (QED) is 0.281. The summed E-state index contributed by atoms with van der Waals surface area (Å²) in [6.07, 6.45) is 4.33. The van der Waals surface area contributed by atoms with E-state index in [1.54, 1.807) is 43.6 Å². The molecule has 0 bridgehead atoms. The summed E-state index contributed by atoms with van der Waals surface area (Å²) >= 11 is 0. The fourth-order valence-electron chi connectivity index (χ4n) is 4.34. The number of rotatable bonds is 10. The summed E-state index contributed by atoms with van der Waals surface area (Å²) in [5.74, 6) is 2.66. The van der Waals surface area contributed by atoms with Crippen LogP contribution < -0.4 is 14.2 Å². The minimum absolute atomic E-state index is 0.0113. The molecular formula is C30H30N2O6. The second-order valence-corrected chi connectivity index (χ2v) is 9.00. The molecule has 1 amide bonds. The first-order valence-electron chi connectivity index (χ1n) is 12.5. The van der Waals surface area contributed by atoms with Crippen molar-refractivity contribution in [1.29, 1.82) is 0 Å². The molecule has 2 aromatic heterocycles. The van der Waals surface area contributed by atoms with Gasteiger partial charge in [0.2, 0.25) is 0 Å². The molecule has 1 atom stereocenters. The molecular weight excluding hydrogens is 484 g/mol. The van der Waals surface area contributed by atoms with Crippen LogP contribution in [-0.2, 0) is 17.8 Å². The minimum atomic E-state index is -0.226. The second-order valence-electron chi connectivity index (χ2n) is 9.00. The number of hydrogen-bond acceptors (Lipinski definition) is 7. The Hall–Kier alpha value is -4.30. The zero-order chi connectivity index (χ0) is 26.3. The van der Waals surface area contributed by atoms with Crippen LogP contribution in [0.1, 0.15) is 28.1 Å². The largest absolute Gasteiger partial charge is 0.497 e. The van der Waals surface area contributed by atoms with Crippen LogP contribution in [-0.4, -0.2) is 49.3 Å². The van der Waals surface area contributed by atoms with Gasteiger partial charge < -0.3 is 28.3 Å². The predicted octanol–water partition coefficient (Wildman–Crippen LogP) is 5.37. The second kappa shape index (κ2) is 11.8. The lowest BCUT2D eigenvalue weighted by molar-refractivity contribution is 0.0698. The predicted molar refractivity (Wildman–Crippen MR) is 141 cm³/mol. The molecule has 1 saturated heterocycles. The molecule has 3 heterocycles. The van der Waals surface area contributed by atoms with Gasteiger partial charge in [-0.3, -0.25) is 9.78 Å². The minimum Gasteiger partial charge on any atom is -0.497 e. The molecule has 5 rings (SSSR count). The molecule has 0 aliphatic carbocycles. The molecule has 0 unspecified atom stereocenters. The maximum Gasteiger partial charge on any atom is 0.290 e. The van der Waals surface area contributed by atoms with Crippen molar-refractivity contribution in [2.24, 2.45) is 0 Å². The molecule has 0 saturated carbocycles. The summed E-state index contributed by atoms with van der Waals surface area (Å²) in [7, 11) is 3.23. The third-order valence-electron chi connectivity index (χ3n) is 6.36. The highest BCUT2D eigenvalue weighted by atomic mass is 16.6. The molecule has 0 N–H and O–H groups in total. The third-order valence-corrected chi connectivity index (χ3v) is 6.36. The highest BCUT2D eigenvalue weighted by Crippen LogP contribution is 2.31. The van der Waals surface area contributed by atoms with Crippen LogP contribution in [0.3, 0.4) is 0 Å². The Bertz CT molecular complexity index is 1350. The molecule has 2 aromatic carbocycles. The van der Waals surface area contributed by atoms with E-state index in [1.807, 2.05) is 54.6 Å². The lowest BCUT2D eigenvalue weighted by Crippen LogP contribution is -2.30. The highest BCUT2D eigenvalue weighted by molar-refractivity contribution is 5.92. The maximum atomic E-state index is 13.7. The van der Waals surface area contributed by atoms with Gasteiger partial charge in [-0.15, -0.1) is 0 Å². The fourth-order valence-corrected chi connectivity index (χ4v) is 4.34. The summed E-state index contributed by atoms with van der Waals surface area (Å²) in [6.45, 7) is 1.98. The average molecular weight is 515 g/mol. The molecule has 38 heavy (non-hydrogen) atoms. The molecule has 1 aliphatic rings. The third kappa shape index (κ3) is 5.98. The maximum absolute atomic E-state index is 13.7. The van der Waals surface area contributed by atoms with Gasteiger partial charge in [-0.05, 0) is 65.7 Å². The van der Waals surface area contributed by atoms with Gasteiger partial charge in [-0.1, -0.05) is 12.1 Å². The van der Waals surface area contributed by atoms with Crippen molar-refractivity contribution >= 4 is 5.91 Å². The Morgan fingerprint density at radius 1 is 0.974 bits per heavy atom. The molecule has 1 aliphatic heterocycles. The van der Waals surface area contributed by atoms with Crippen molar-refractivity contribution in [3.63, 3.8) is 0 Å². The first-order valence-corrected chi connectivity index (χ1v) is 12.5. The number of ether oxygens (including phenoxy) is 4. The van der Waals surface area contributed by atoms with Crippen LogP contribution in [0.5, 0.6) is 17.2 Å². The molecule has 8 nitrogen and oxygen atoms in total.